The first-order valence-electron chi connectivity index (χ1n) is 10.9. The quantitative estimate of drug-likeness (QED) is 0.459. The molecular weight excluding hydrogens is 446 g/mol. The minimum absolute atomic E-state index is 0.121. The van der Waals surface area contributed by atoms with Crippen molar-refractivity contribution >= 4 is 45.5 Å². The highest BCUT2D eigenvalue weighted by molar-refractivity contribution is 8.14. The first-order valence-corrected chi connectivity index (χ1v) is 11.9. The molecule has 174 valence electrons. The van der Waals surface area contributed by atoms with E-state index < -0.39 is 0 Å². The van der Waals surface area contributed by atoms with Crippen LogP contribution in [0.3, 0.4) is 0 Å². The zero-order valence-electron chi connectivity index (χ0n) is 19.7. The Hall–Kier alpha value is -3.58. The van der Waals surface area contributed by atoms with E-state index in [1.165, 1.54) is 17.3 Å². The summed E-state index contributed by atoms with van der Waals surface area (Å²) in [6.07, 6.45) is 0.533. The smallest absolute Gasteiger partial charge is 0.234 e. The monoisotopic (exact) mass is 473 g/mol. The van der Waals surface area contributed by atoms with Crippen molar-refractivity contribution in [3.05, 3.63) is 77.4 Å². The van der Waals surface area contributed by atoms with Gasteiger partial charge in [-0.25, -0.2) is 4.99 Å². The van der Waals surface area contributed by atoms with E-state index in [-0.39, 0.29) is 11.7 Å². The molecule has 1 N–H and O–H groups in total. The maximum atomic E-state index is 12.7. The van der Waals surface area contributed by atoms with Crippen LogP contribution in [0, 0.1) is 13.8 Å². The number of carbonyl (C=O) groups excluding carboxylic acids is 1. The predicted molar refractivity (Wildman–Crippen MR) is 141 cm³/mol. The number of hydrogen-bond acceptors (Lipinski definition) is 6. The number of hydrogen-bond donors (Lipinski definition) is 1. The summed E-state index contributed by atoms with van der Waals surface area (Å²) in [6, 6.07) is 19.3. The first kappa shape index (κ1) is 23.6. The number of aliphatic imine (C=N–C) groups is 2. The molecule has 1 aliphatic heterocycles. The second-order valence-electron chi connectivity index (χ2n) is 7.93. The number of fused-ring (bicyclic) bond motifs is 1. The lowest BCUT2D eigenvalue weighted by Gasteiger charge is -2.11. The molecule has 3 aromatic carbocycles. The molecule has 1 aliphatic rings. The third kappa shape index (κ3) is 5.48. The number of methoxy groups -OCH3 is 2. The van der Waals surface area contributed by atoms with Crippen LogP contribution in [-0.4, -0.2) is 36.6 Å². The van der Waals surface area contributed by atoms with Crippen LogP contribution in [0.15, 0.2) is 70.6 Å². The average Bonchev–Trinajstić information content (AvgIpc) is 3.02. The lowest BCUT2D eigenvalue weighted by atomic mass is 10.1. The molecule has 3 aromatic rings. The lowest BCUT2D eigenvalue weighted by molar-refractivity contribution is -0.113. The Morgan fingerprint density at radius 1 is 0.941 bits per heavy atom. The van der Waals surface area contributed by atoms with Crippen LogP contribution in [0.5, 0.6) is 11.5 Å². The van der Waals surface area contributed by atoms with E-state index in [1.54, 1.807) is 14.2 Å². The Morgan fingerprint density at radius 2 is 1.62 bits per heavy atom. The van der Waals surface area contributed by atoms with E-state index in [0.717, 1.165) is 39.0 Å². The Balaban J connectivity index is 1.58. The molecule has 0 aromatic heterocycles. The third-order valence-electron chi connectivity index (χ3n) is 5.58. The normalized spacial score (nSPS) is 12.7. The van der Waals surface area contributed by atoms with Crippen molar-refractivity contribution in [3.8, 4) is 11.5 Å². The van der Waals surface area contributed by atoms with Gasteiger partial charge in [0.15, 0.2) is 0 Å². The molecule has 0 fully saturated rings. The van der Waals surface area contributed by atoms with Crippen molar-refractivity contribution in [3.63, 3.8) is 0 Å². The van der Waals surface area contributed by atoms with Gasteiger partial charge in [-0.05, 0) is 79.1 Å². The van der Waals surface area contributed by atoms with E-state index in [2.05, 4.69) is 31.3 Å². The molecule has 4 rings (SSSR count). The molecule has 0 saturated carbocycles. The van der Waals surface area contributed by atoms with Gasteiger partial charge in [0.25, 0.3) is 0 Å². The number of benzene rings is 3. The van der Waals surface area contributed by atoms with Crippen LogP contribution < -0.4 is 14.8 Å². The molecule has 0 bridgehead atoms. The number of carbonyl (C=O) groups is 1. The summed E-state index contributed by atoms with van der Waals surface area (Å²) in [5.41, 5.74) is 6.53. The van der Waals surface area contributed by atoms with Crippen molar-refractivity contribution < 1.29 is 14.3 Å². The summed E-state index contributed by atoms with van der Waals surface area (Å²) in [4.78, 5) is 22.6. The maximum Gasteiger partial charge on any atom is 0.234 e. The fourth-order valence-electron chi connectivity index (χ4n) is 3.58. The standard InChI is InChI=1S/C27H27N3O3S/c1-17-13-23-24(14-18(17)2)30-27(15-22(28-23)19-9-11-20(32-3)12-10-19)34-16-26(31)29-21-7-5-6-8-25(21)33-4/h5-14H,15-16H2,1-4H3,(H,29,31). The number of ether oxygens (including phenoxy) is 2. The molecule has 1 amide bonds. The highest BCUT2D eigenvalue weighted by Crippen LogP contribution is 2.36. The van der Waals surface area contributed by atoms with Crippen LogP contribution in [0.1, 0.15) is 23.1 Å². The van der Waals surface area contributed by atoms with Crippen LogP contribution >= 0.6 is 11.8 Å². The Labute approximate surface area is 204 Å². The number of nitrogens with one attached hydrogen (secondary N) is 1. The molecule has 34 heavy (non-hydrogen) atoms. The number of rotatable bonds is 6. The topological polar surface area (TPSA) is 72.3 Å². The summed E-state index contributed by atoms with van der Waals surface area (Å²) < 4.78 is 10.6. The molecule has 0 spiro atoms. The maximum absolute atomic E-state index is 12.7. The molecule has 0 unspecified atom stereocenters. The van der Waals surface area contributed by atoms with Crippen molar-refractivity contribution in [2.24, 2.45) is 9.98 Å². The largest absolute Gasteiger partial charge is 0.497 e. The SMILES string of the molecule is COc1ccc(C2=Nc3cc(C)c(C)cc3N=C(SCC(=O)Nc3ccccc3OC)C2)cc1. The van der Waals surface area contributed by atoms with E-state index in [0.29, 0.717) is 17.9 Å². The molecule has 6 nitrogen and oxygen atoms in total. The zero-order chi connectivity index (χ0) is 24.1. The van der Waals surface area contributed by atoms with Gasteiger partial charge >= 0.3 is 0 Å². The van der Waals surface area contributed by atoms with Gasteiger partial charge in [0, 0.05) is 6.42 Å². The molecule has 1 heterocycles. The predicted octanol–water partition coefficient (Wildman–Crippen LogP) is 6.25. The van der Waals surface area contributed by atoms with Gasteiger partial charge in [-0.15, -0.1) is 11.8 Å². The first-order chi connectivity index (χ1) is 16.5. The van der Waals surface area contributed by atoms with E-state index >= 15 is 0 Å². The number of anilines is 1. The van der Waals surface area contributed by atoms with Crippen molar-refractivity contribution in [1.82, 2.24) is 0 Å². The van der Waals surface area contributed by atoms with Gasteiger partial charge in [-0.1, -0.05) is 12.1 Å². The van der Waals surface area contributed by atoms with Crippen LogP contribution in [0.2, 0.25) is 0 Å². The second kappa shape index (κ2) is 10.6. The number of amides is 1. The molecule has 0 radical (unpaired) electrons. The fraction of sp³-hybridized carbons (Fsp3) is 0.222. The molecular formula is C27H27N3O3S. The minimum Gasteiger partial charge on any atom is -0.497 e. The molecule has 0 atom stereocenters. The summed E-state index contributed by atoms with van der Waals surface area (Å²) in [6.45, 7) is 4.14. The van der Waals surface area contributed by atoms with Crippen molar-refractivity contribution in [2.45, 2.75) is 20.3 Å². The summed E-state index contributed by atoms with van der Waals surface area (Å²) in [5.74, 6) is 1.53. The van der Waals surface area contributed by atoms with Gasteiger partial charge in [-0.2, -0.15) is 0 Å². The molecule has 7 heteroatoms. The van der Waals surface area contributed by atoms with Crippen LogP contribution in [0.4, 0.5) is 17.1 Å². The molecule has 0 aliphatic carbocycles. The van der Waals surface area contributed by atoms with Gasteiger partial charge in [-0.3, -0.25) is 9.79 Å². The number of thioether (sulfide) groups is 1. The summed E-state index contributed by atoms with van der Waals surface area (Å²) >= 11 is 1.42. The Bertz CT molecular complexity index is 1270. The Kier molecular flexibility index (Phi) is 7.33. The third-order valence-corrected chi connectivity index (χ3v) is 6.56. The Morgan fingerprint density at radius 3 is 2.29 bits per heavy atom. The van der Waals surface area contributed by atoms with Crippen molar-refractivity contribution in [1.29, 1.82) is 0 Å². The van der Waals surface area contributed by atoms with Gasteiger partial charge in [0.2, 0.25) is 5.91 Å². The average molecular weight is 474 g/mol. The van der Waals surface area contributed by atoms with Gasteiger partial charge in [0.05, 0.1) is 47.8 Å². The van der Waals surface area contributed by atoms with Crippen LogP contribution in [0.25, 0.3) is 0 Å². The highest BCUT2D eigenvalue weighted by atomic mass is 32.2. The number of para-hydroxylation sites is 2. The van der Waals surface area contributed by atoms with Crippen LogP contribution in [-0.2, 0) is 4.79 Å². The van der Waals surface area contributed by atoms with E-state index in [9.17, 15) is 4.79 Å². The van der Waals surface area contributed by atoms with E-state index in [4.69, 9.17) is 19.5 Å². The summed E-state index contributed by atoms with van der Waals surface area (Å²) in [5, 5.41) is 3.76. The van der Waals surface area contributed by atoms with Crippen molar-refractivity contribution in [2.75, 3.05) is 25.3 Å². The zero-order valence-corrected chi connectivity index (χ0v) is 20.5. The van der Waals surface area contributed by atoms with Gasteiger partial charge < -0.3 is 14.8 Å². The fourth-order valence-corrected chi connectivity index (χ4v) is 4.35. The minimum atomic E-state index is -0.121. The lowest BCUT2D eigenvalue weighted by Crippen LogP contribution is -2.16. The van der Waals surface area contributed by atoms with Gasteiger partial charge in [0.1, 0.15) is 11.5 Å². The number of nitrogens with zero attached hydrogens (tertiary/aromatic N) is 2. The molecule has 0 saturated heterocycles. The number of aryl methyl sites for hydroxylation is 2. The van der Waals surface area contributed by atoms with E-state index in [1.807, 2.05) is 48.5 Å². The highest BCUT2D eigenvalue weighted by Gasteiger charge is 2.18. The second-order valence-corrected chi connectivity index (χ2v) is 8.98. The summed E-state index contributed by atoms with van der Waals surface area (Å²) in [7, 11) is 3.23.